The van der Waals surface area contributed by atoms with E-state index in [9.17, 15) is 18.4 Å². The third kappa shape index (κ3) is 3.44. The van der Waals surface area contributed by atoms with Gasteiger partial charge >= 0.3 is 5.69 Å². The first-order chi connectivity index (χ1) is 15.4. The van der Waals surface area contributed by atoms with E-state index in [1.165, 1.54) is 17.0 Å². The molecule has 0 radical (unpaired) electrons. The van der Waals surface area contributed by atoms with Gasteiger partial charge in [-0.3, -0.25) is 9.36 Å². The fourth-order valence-electron chi connectivity index (χ4n) is 4.47. The maximum atomic E-state index is 14.7. The Hall–Kier alpha value is -3.26. The third-order valence-electron chi connectivity index (χ3n) is 5.93. The Bertz CT molecular complexity index is 1450. The van der Waals surface area contributed by atoms with Crippen LogP contribution in [-0.2, 0) is 6.54 Å². The lowest BCUT2D eigenvalue weighted by molar-refractivity contribution is 0.472. The van der Waals surface area contributed by atoms with Gasteiger partial charge in [-0.2, -0.15) is 0 Å². The van der Waals surface area contributed by atoms with Gasteiger partial charge < -0.3 is 4.57 Å². The Balaban J connectivity index is 1.80. The van der Waals surface area contributed by atoms with Crippen LogP contribution in [0.15, 0.2) is 58.4 Å². The molecule has 1 fully saturated rings. The summed E-state index contributed by atoms with van der Waals surface area (Å²) in [4.78, 5) is 31.2. The van der Waals surface area contributed by atoms with Gasteiger partial charge in [0.25, 0.3) is 5.56 Å². The average Bonchev–Trinajstić information content (AvgIpc) is 3.40. The van der Waals surface area contributed by atoms with Crippen molar-refractivity contribution >= 4 is 22.8 Å². The maximum absolute atomic E-state index is 14.7. The predicted molar refractivity (Wildman–Crippen MR) is 118 cm³/mol. The molecule has 164 valence electrons. The summed E-state index contributed by atoms with van der Waals surface area (Å²) in [5, 5.41) is 0.556. The van der Waals surface area contributed by atoms with Crippen molar-refractivity contribution in [1.29, 1.82) is 0 Å². The first-order valence-electron chi connectivity index (χ1n) is 10.4. The number of hydrogen-bond donors (Lipinski definition) is 0. The lowest BCUT2D eigenvalue weighted by Crippen LogP contribution is -2.42. The monoisotopic (exact) mass is 456 g/mol. The molecule has 2 heterocycles. The van der Waals surface area contributed by atoms with Gasteiger partial charge in [0.2, 0.25) is 0 Å². The smallest absolute Gasteiger partial charge is 0.320 e. The van der Waals surface area contributed by atoms with Crippen molar-refractivity contribution in [1.82, 2.24) is 18.7 Å². The zero-order valence-electron chi connectivity index (χ0n) is 17.0. The summed E-state index contributed by atoms with van der Waals surface area (Å²) >= 11 is 6.09. The van der Waals surface area contributed by atoms with Crippen LogP contribution in [0.25, 0.3) is 16.9 Å². The quantitative estimate of drug-likeness (QED) is 0.456. The van der Waals surface area contributed by atoms with Crippen LogP contribution in [-0.4, -0.2) is 18.7 Å². The Morgan fingerprint density at radius 2 is 1.84 bits per heavy atom. The van der Waals surface area contributed by atoms with E-state index in [2.05, 4.69) is 4.98 Å². The topological polar surface area (TPSA) is 61.8 Å². The Morgan fingerprint density at radius 3 is 2.56 bits per heavy atom. The van der Waals surface area contributed by atoms with Gasteiger partial charge in [-0.15, -0.1) is 0 Å². The van der Waals surface area contributed by atoms with Gasteiger partial charge in [-0.1, -0.05) is 36.6 Å². The lowest BCUT2D eigenvalue weighted by atomic mass is 10.2. The Labute approximate surface area is 186 Å². The number of halogens is 3. The molecule has 0 bridgehead atoms. The van der Waals surface area contributed by atoms with E-state index in [0.717, 1.165) is 29.0 Å². The number of nitrogens with zero attached hydrogens (tertiary/aromatic N) is 4. The predicted octanol–water partition coefficient (Wildman–Crippen LogP) is 4.44. The minimum absolute atomic E-state index is 0.0294. The number of rotatable bonds is 4. The molecule has 2 aromatic heterocycles. The second-order valence-electron chi connectivity index (χ2n) is 8.00. The molecule has 6 nitrogen and oxygen atoms in total. The second-order valence-corrected chi connectivity index (χ2v) is 8.44. The van der Waals surface area contributed by atoms with Crippen LogP contribution < -0.4 is 11.2 Å². The Kier molecular flexibility index (Phi) is 5.17. The fraction of sp³-hybridized carbons (Fsp3) is 0.261. The van der Waals surface area contributed by atoms with Gasteiger partial charge in [0.15, 0.2) is 11.2 Å². The van der Waals surface area contributed by atoms with Crippen LogP contribution in [0.5, 0.6) is 0 Å². The van der Waals surface area contributed by atoms with Crippen LogP contribution in [0.3, 0.4) is 0 Å². The average molecular weight is 457 g/mol. The highest BCUT2D eigenvalue weighted by Gasteiger charge is 2.27. The van der Waals surface area contributed by atoms with Crippen LogP contribution >= 0.6 is 11.6 Å². The van der Waals surface area contributed by atoms with E-state index in [1.807, 2.05) is 6.07 Å². The SMILES string of the molecule is O=c1c2c(ncn2Cc2cccc(Cl)c2)n(-c2ccc(F)cc2F)c(=O)n1C1CCCC1. The molecule has 4 aromatic rings. The van der Waals surface area contributed by atoms with Gasteiger partial charge in [-0.25, -0.2) is 23.1 Å². The molecule has 0 aliphatic heterocycles. The molecular weight excluding hydrogens is 438 g/mol. The van der Waals surface area contributed by atoms with Gasteiger partial charge in [0.05, 0.1) is 12.0 Å². The summed E-state index contributed by atoms with van der Waals surface area (Å²) in [6.07, 6.45) is 4.63. The van der Waals surface area contributed by atoms with Gasteiger partial charge in [0.1, 0.15) is 11.6 Å². The van der Waals surface area contributed by atoms with Crippen molar-refractivity contribution < 1.29 is 8.78 Å². The number of imidazole rings is 1. The zero-order valence-corrected chi connectivity index (χ0v) is 17.7. The number of fused-ring (bicyclic) bond motifs is 1. The first kappa shape index (κ1) is 20.6. The van der Waals surface area contributed by atoms with Crippen LogP contribution in [0, 0.1) is 11.6 Å². The number of benzene rings is 2. The third-order valence-corrected chi connectivity index (χ3v) is 6.17. The fourth-order valence-corrected chi connectivity index (χ4v) is 4.68. The first-order valence-corrected chi connectivity index (χ1v) is 10.7. The lowest BCUT2D eigenvalue weighted by Gasteiger charge is -2.17. The summed E-state index contributed by atoms with van der Waals surface area (Å²) in [6.45, 7) is 0.293. The summed E-state index contributed by atoms with van der Waals surface area (Å²) < 4.78 is 32.1. The second kappa shape index (κ2) is 8.02. The molecule has 1 saturated carbocycles. The highest BCUT2D eigenvalue weighted by atomic mass is 35.5. The van der Waals surface area contributed by atoms with Crippen LogP contribution in [0.1, 0.15) is 37.3 Å². The van der Waals surface area contributed by atoms with Crippen molar-refractivity contribution in [3.63, 3.8) is 0 Å². The van der Waals surface area contributed by atoms with E-state index < -0.39 is 22.9 Å². The standard InChI is InChI=1S/C23H19ClF2N4O2/c24-15-5-3-4-14(10-15)12-28-13-27-21-20(28)22(31)29(17-6-1-2-7-17)23(32)30(21)19-9-8-16(25)11-18(19)26/h3-5,8-11,13,17H,1-2,6-7,12H2. The number of hydrogen-bond acceptors (Lipinski definition) is 3. The van der Waals surface area contributed by atoms with E-state index in [0.29, 0.717) is 30.5 Å². The van der Waals surface area contributed by atoms with Crippen LogP contribution in [0.4, 0.5) is 8.78 Å². The summed E-state index contributed by atoms with van der Waals surface area (Å²) in [5.74, 6) is -1.67. The molecule has 9 heteroatoms. The van der Waals surface area contributed by atoms with E-state index in [-0.39, 0.29) is 22.9 Å². The molecular formula is C23H19ClF2N4O2. The molecule has 0 spiro atoms. The molecule has 0 N–H and O–H groups in total. The van der Waals surface area contributed by atoms with Crippen molar-refractivity contribution in [2.75, 3.05) is 0 Å². The summed E-state index contributed by atoms with van der Waals surface area (Å²) in [7, 11) is 0. The summed E-state index contributed by atoms with van der Waals surface area (Å²) in [5.41, 5.74) is -0.236. The van der Waals surface area contributed by atoms with Crippen molar-refractivity contribution in [3.05, 3.63) is 91.9 Å². The van der Waals surface area contributed by atoms with E-state index in [1.54, 1.807) is 22.8 Å². The van der Waals surface area contributed by atoms with Crippen molar-refractivity contribution in [2.24, 2.45) is 0 Å². The highest BCUT2D eigenvalue weighted by molar-refractivity contribution is 6.30. The largest absolute Gasteiger partial charge is 0.337 e. The minimum Gasteiger partial charge on any atom is -0.320 e. The van der Waals surface area contributed by atoms with Crippen LogP contribution in [0.2, 0.25) is 5.02 Å². The molecule has 1 aliphatic rings. The summed E-state index contributed by atoms with van der Waals surface area (Å²) in [6, 6.07) is 9.89. The molecule has 0 amide bonds. The highest BCUT2D eigenvalue weighted by Crippen LogP contribution is 2.28. The molecule has 5 rings (SSSR count). The number of aromatic nitrogens is 4. The molecule has 32 heavy (non-hydrogen) atoms. The normalized spacial score (nSPS) is 14.5. The maximum Gasteiger partial charge on any atom is 0.337 e. The van der Waals surface area contributed by atoms with E-state index >= 15 is 0 Å². The molecule has 2 aromatic carbocycles. The van der Waals surface area contributed by atoms with E-state index in [4.69, 9.17) is 11.6 Å². The van der Waals surface area contributed by atoms with Crippen molar-refractivity contribution in [2.45, 2.75) is 38.3 Å². The van der Waals surface area contributed by atoms with Crippen molar-refractivity contribution in [3.8, 4) is 5.69 Å². The Morgan fingerprint density at radius 1 is 1.06 bits per heavy atom. The van der Waals surface area contributed by atoms with Gasteiger partial charge in [0, 0.05) is 23.7 Å². The molecule has 0 atom stereocenters. The zero-order chi connectivity index (χ0) is 22.4. The molecule has 0 saturated heterocycles. The minimum atomic E-state index is -0.908. The van der Waals surface area contributed by atoms with Gasteiger partial charge in [-0.05, 0) is 42.7 Å². The molecule has 1 aliphatic carbocycles. The molecule has 0 unspecified atom stereocenters.